The largest absolute Gasteiger partial charge is 0.403 e. The number of unbranched alkanes of at least 4 members (excludes halogenated alkanes) is 1. The van der Waals surface area contributed by atoms with Crippen LogP contribution in [-0.4, -0.2) is 64.0 Å². The van der Waals surface area contributed by atoms with Crippen molar-refractivity contribution in [2.24, 2.45) is 0 Å². The second-order valence-electron chi connectivity index (χ2n) is 7.46. The van der Waals surface area contributed by atoms with Crippen LogP contribution in [0.15, 0.2) is 22.6 Å². The van der Waals surface area contributed by atoms with Gasteiger partial charge in [0.05, 0.1) is 29.8 Å². The summed E-state index contributed by atoms with van der Waals surface area (Å²) in [6.07, 6.45) is 4.40. The van der Waals surface area contributed by atoms with Gasteiger partial charge in [-0.15, -0.1) is 5.10 Å². The van der Waals surface area contributed by atoms with Gasteiger partial charge < -0.3 is 19.0 Å². The number of para-hydroxylation sites is 1. The lowest BCUT2D eigenvalue weighted by Crippen LogP contribution is -2.36. The molecular formula is C20H26N6O2. The normalized spacial score (nSPS) is 17.3. The summed E-state index contributed by atoms with van der Waals surface area (Å²) < 4.78 is 13.6. The minimum atomic E-state index is 0.486. The van der Waals surface area contributed by atoms with E-state index in [-0.39, 0.29) is 0 Å². The molecule has 0 unspecified atom stereocenters. The maximum Gasteiger partial charge on any atom is 0.315 e. The number of aryl methyl sites for hydroxylation is 2. The zero-order chi connectivity index (χ0) is 18.8. The highest BCUT2D eigenvalue weighted by molar-refractivity contribution is 5.90. The first-order valence-corrected chi connectivity index (χ1v) is 10.2. The summed E-state index contributed by atoms with van der Waals surface area (Å²) in [5.74, 6) is 1.71. The molecule has 5 rings (SSSR count). The van der Waals surface area contributed by atoms with Gasteiger partial charge in [-0.1, -0.05) is 11.2 Å². The summed E-state index contributed by atoms with van der Waals surface area (Å²) in [6.45, 7) is 6.76. The third-order valence-electron chi connectivity index (χ3n) is 5.56. The molecule has 8 nitrogen and oxygen atoms in total. The summed E-state index contributed by atoms with van der Waals surface area (Å²) in [5, 5.41) is 11.7. The van der Waals surface area contributed by atoms with Crippen molar-refractivity contribution in [2.45, 2.75) is 32.2 Å². The Morgan fingerprint density at radius 2 is 2.00 bits per heavy atom. The monoisotopic (exact) mass is 382 g/mol. The number of rotatable bonds is 7. The maximum atomic E-state index is 5.90. The van der Waals surface area contributed by atoms with E-state index in [1.54, 1.807) is 0 Å². The molecule has 1 N–H and O–H groups in total. The second kappa shape index (κ2) is 7.89. The highest BCUT2D eigenvalue weighted by atomic mass is 16.5. The van der Waals surface area contributed by atoms with Gasteiger partial charge in [-0.3, -0.25) is 4.90 Å². The average molecular weight is 382 g/mol. The number of fused-ring (bicyclic) bond motifs is 3. The lowest BCUT2D eigenvalue weighted by atomic mass is 10.2. The van der Waals surface area contributed by atoms with E-state index in [0.717, 1.165) is 94.0 Å². The number of aromatic nitrogens is 4. The van der Waals surface area contributed by atoms with Gasteiger partial charge in [0, 0.05) is 32.6 Å². The first-order valence-electron chi connectivity index (χ1n) is 10.2. The summed E-state index contributed by atoms with van der Waals surface area (Å²) >= 11 is 0. The molecule has 148 valence electrons. The average Bonchev–Trinajstić information content (AvgIpc) is 3.44. The number of ether oxygens (including phenoxy) is 1. The van der Waals surface area contributed by atoms with Crippen molar-refractivity contribution in [1.82, 2.24) is 24.6 Å². The van der Waals surface area contributed by atoms with E-state index >= 15 is 0 Å². The van der Waals surface area contributed by atoms with Crippen LogP contribution in [0.2, 0.25) is 0 Å². The molecule has 0 spiro atoms. The third-order valence-corrected chi connectivity index (χ3v) is 5.56. The van der Waals surface area contributed by atoms with Gasteiger partial charge >= 0.3 is 6.01 Å². The minimum Gasteiger partial charge on any atom is -0.403 e. The predicted molar refractivity (Wildman–Crippen MR) is 106 cm³/mol. The maximum absolute atomic E-state index is 5.90. The van der Waals surface area contributed by atoms with Crippen LogP contribution in [0.4, 0.5) is 6.01 Å². The SMILES string of the molecule is c1cc(-c2nnc(NCCCCN3CCOCC3)o2)c2c(c1)nc1n2CCC1. The fourth-order valence-corrected chi connectivity index (χ4v) is 4.12. The van der Waals surface area contributed by atoms with Crippen molar-refractivity contribution in [2.75, 3.05) is 44.7 Å². The number of benzene rings is 1. The highest BCUT2D eigenvalue weighted by Crippen LogP contribution is 2.31. The highest BCUT2D eigenvalue weighted by Gasteiger charge is 2.21. The van der Waals surface area contributed by atoms with Gasteiger partial charge in [0.15, 0.2) is 0 Å². The fourth-order valence-electron chi connectivity index (χ4n) is 4.12. The van der Waals surface area contributed by atoms with Crippen LogP contribution in [0.1, 0.15) is 25.1 Å². The van der Waals surface area contributed by atoms with E-state index in [9.17, 15) is 0 Å². The van der Waals surface area contributed by atoms with Crippen LogP contribution in [0.25, 0.3) is 22.5 Å². The number of hydrogen-bond donors (Lipinski definition) is 1. The van der Waals surface area contributed by atoms with E-state index in [1.165, 1.54) is 0 Å². The number of anilines is 1. The zero-order valence-electron chi connectivity index (χ0n) is 16.1. The molecular weight excluding hydrogens is 356 g/mol. The molecule has 0 atom stereocenters. The Balaban J connectivity index is 1.20. The van der Waals surface area contributed by atoms with Gasteiger partial charge in [-0.05, 0) is 37.9 Å². The van der Waals surface area contributed by atoms with Crippen LogP contribution in [0, 0.1) is 0 Å². The van der Waals surface area contributed by atoms with Gasteiger partial charge in [-0.2, -0.15) is 0 Å². The van der Waals surface area contributed by atoms with E-state index in [2.05, 4.69) is 25.0 Å². The predicted octanol–water partition coefficient (Wildman–Crippen LogP) is 2.56. The number of imidazole rings is 1. The number of hydrogen-bond acceptors (Lipinski definition) is 7. The molecule has 4 heterocycles. The first kappa shape index (κ1) is 17.6. The smallest absolute Gasteiger partial charge is 0.315 e. The Morgan fingerprint density at radius 1 is 1.07 bits per heavy atom. The molecule has 2 aliphatic heterocycles. The molecule has 0 saturated carbocycles. The van der Waals surface area contributed by atoms with Crippen LogP contribution in [-0.2, 0) is 17.7 Å². The van der Waals surface area contributed by atoms with Crippen molar-refractivity contribution < 1.29 is 9.15 Å². The standard InChI is InChI=1S/C20H26N6O2/c1(2-9-25-11-13-27-14-12-25)8-21-20-24-23-19(28-20)15-5-3-6-16-18(15)26-10-4-7-17(26)22-16/h3,5-6H,1-2,4,7-14H2,(H,21,24). The zero-order valence-corrected chi connectivity index (χ0v) is 16.1. The van der Waals surface area contributed by atoms with Crippen LogP contribution < -0.4 is 5.32 Å². The van der Waals surface area contributed by atoms with Gasteiger partial charge in [-0.25, -0.2) is 4.98 Å². The molecule has 0 amide bonds. The molecule has 2 aliphatic rings. The van der Waals surface area contributed by atoms with Crippen molar-refractivity contribution >= 4 is 17.0 Å². The molecule has 3 aromatic rings. The lowest BCUT2D eigenvalue weighted by Gasteiger charge is -2.26. The Morgan fingerprint density at radius 3 is 2.93 bits per heavy atom. The topological polar surface area (TPSA) is 81.2 Å². The van der Waals surface area contributed by atoms with E-state index < -0.39 is 0 Å². The second-order valence-corrected chi connectivity index (χ2v) is 7.46. The number of morpholine rings is 1. The molecule has 1 fully saturated rings. The number of nitrogens with one attached hydrogen (secondary N) is 1. The van der Waals surface area contributed by atoms with E-state index in [4.69, 9.17) is 14.1 Å². The lowest BCUT2D eigenvalue weighted by molar-refractivity contribution is 0.0373. The quantitative estimate of drug-likeness (QED) is 0.629. The van der Waals surface area contributed by atoms with E-state index in [0.29, 0.717) is 11.9 Å². The Labute approximate surface area is 163 Å². The van der Waals surface area contributed by atoms with E-state index in [1.807, 2.05) is 18.2 Å². The molecule has 8 heteroatoms. The Hall–Kier alpha value is -2.45. The van der Waals surface area contributed by atoms with Crippen molar-refractivity contribution in [3.63, 3.8) is 0 Å². The Bertz CT molecular complexity index is 943. The molecule has 1 saturated heterocycles. The third kappa shape index (κ3) is 3.49. The van der Waals surface area contributed by atoms with Gasteiger partial charge in [0.1, 0.15) is 5.82 Å². The minimum absolute atomic E-state index is 0.486. The van der Waals surface area contributed by atoms with Crippen LogP contribution in [0.5, 0.6) is 0 Å². The molecule has 0 bridgehead atoms. The molecule has 2 aromatic heterocycles. The summed E-state index contributed by atoms with van der Waals surface area (Å²) in [4.78, 5) is 7.20. The molecule has 28 heavy (non-hydrogen) atoms. The van der Waals surface area contributed by atoms with Crippen molar-refractivity contribution in [3.8, 4) is 11.5 Å². The van der Waals surface area contributed by atoms with Gasteiger partial charge in [0.25, 0.3) is 5.89 Å². The molecule has 0 aliphatic carbocycles. The molecule has 1 aromatic carbocycles. The first-order chi connectivity index (χ1) is 13.9. The van der Waals surface area contributed by atoms with Crippen molar-refractivity contribution in [1.29, 1.82) is 0 Å². The molecule has 0 radical (unpaired) electrons. The Kier molecular flexibility index (Phi) is 4.97. The van der Waals surface area contributed by atoms with Crippen LogP contribution in [0.3, 0.4) is 0 Å². The fraction of sp³-hybridized carbons (Fsp3) is 0.550. The summed E-state index contributed by atoms with van der Waals surface area (Å²) in [6, 6.07) is 6.58. The summed E-state index contributed by atoms with van der Waals surface area (Å²) in [7, 11) is 0. The van der Waals surface area contributed by atoms with Crippen molar-refractivity contribution in [3.05, 3.63) is 24.0 Å². The summed E-state index contributed by atoms with van der Waals surface area (Å²) in [5.41, 5.74) is 3.07. The van der Waals surface area contributed by atoms with Crippen LogP contribution >= 0.6 is 0 Å². The van der Waals surface area contributed by atoms with Gasteiger partial charge in [0.2, 0.25) is 0 Å². The number of nitrogens with zero attached hydrogens (tertiary/aromatic N) is 5.